The zero-order valence-corrected chi connectivity index (χ0v) is 18.4. The van der Waals surface area contributed by atoms with Crippen molar-refractivity contribution in [1.29, 1.82) is 0 Å². The number of aliphatic carboxylic acids is 1. The standard InChI is InChI=1S/C25H36O4/c1-6-15(2)21(26)29-20-16(3)17-8-9-19-23(4)11-7-12-24(5,22(27)28)18(23)10-13-25(19,20)14-17/h6,17-20H,3,7-14H2,1-2,4-5H3,(H,27,28)/b15-6-/t17-,18+,19-,20+,23+,24+,25-/m0/s1. The van der Waals surface area contributed by atoms with Crippen LogP contribution in [0, 0.1) is 34.0 Å². The Balaban J connectivity index is 1.73. The SMILES string of the molecule is C=C1[C@H]2CC[C@H]3[C@]4(C)CCC[C@@](C)(C(=O)O)[C@@H]4CC[C@@]3(C2)[C@@H]1OC(=O)/C(C)=C\C. The van der Waals surface area contributed by atoms with Gasteiger partial charge in [0, 0.05) is 11.0 Å². The number of allylic oxidation sites excluding steroid dienone is 1. The van der Waals surface area contributed by atoms with Crippen LogP contribution in [0.15, 0.2) is 23.8 Å². The first-order chi connectivity index (χ1) is 13.6. The molecule has 4 aliphatic rings. The highest BCUT2D eigenvalue weighted by molar-refractivity contribution is 5.88. The number of ether oxygens (including phenoxy) is 1. The van der Waals surface area contributed by atoms with Gasteiger partial charge in [-0.25, -0.2) is 4.79 Å². The molecule has 0 saturated heterocycles. The van der Waals surface area contributed by atoms with Crippen LogP contribution in [0.25, 0.3) is 0 Å². The Hall–Kier alpha value is -1.58. The maximum atomic E-state index is 12.7. The zero-order chi connectivity index (χ0) is 21.2. The summed E-state index contributed by atoms with van der Waals surface area (Å²) >= 11 is 0. The van der Waals surface area contributed by atoms with Gasteiger partial charge >= 0.3 is 11.9 Å². The van der Waals surface area contributed by atoms with Crippen molar-refractivity contribution in [3.63, 3.8) is 0 Å². The second-order valence-corrected chi connectivity index (χ2v) is 10.8. The number of fused-ring (bicyclic) bond motifs is 3. The fourth-order valence-corrected chi connectivity index (χ4v) is 8.10. The summed E-state index contributed by atoms with van der Waals surface area (Å²) in [4.78, 5) is 25.0. The maximum Gasteiger partial charge on any atom is 0.333 e. The summed E-state index contributed by atoms with van der Waals surface area (Å²) < 4.78 is 6.15. The molecule has 4 heteroatoms. The predicted molar refractivity (Wildman–Crippen MR) is 112 cm³/mol. The lowest BCUT2D eigenvalue weighted by Crippen LogP contribution is -2.60. The third-order valence-electron chi connectivity index (χ3n) is 9.65. The van der Waals surface area contributed by atoms with E-state index in [1.807, 2.05) is 13.8 Å². The van der Waals surface area contributed by atoms with E-state index in [0.29, 0.717) is 17.4 Å². The van der Waals surface area contributed by atoms with Crippen molar-refractivity contribution in [1.82, 2.24) is 0 Å². The van der Waals surface area contributed by atoms with Crippen molar-refractivity contribution >= 4 is 11.9 Å². The third kappa shape index (κ3) is 2.70. The molecule has 0 radical (unpaired) electrons. The summed E-state index contributed by atoms with van der Waals surface area (Å²) in [5.74, 6) is 0.151. The number of esters is 1. The second-order valence-electron chi connectivity index (χ2n) is 10.8. The summed E-state index contributed by atoms with van der Waals surface area (Å²) in [6, 6.07) is 0. The van der Waals surface area contributed by atoms with Gasteiger partial charge in [-0.15, -0.1) is 0 Å². The molecule has 0 aromatic carbocycles. The van der Waals surface area contributed by atoms with Crippen LogP contribution in [0.1, 0.15) is 79.1 Å². The van der Waals surface area contributed by atoms with Crippen LogP contribution in [-0.4, -0.2) is 23.1 Å². The van der Waals surface area contributed by atoms with E-state index in [9.17, 15) is 14.7 Å². The first-order valence-electron chi connectivity index (χ1n) is 11.4. The van der Waals surface area contributed by atoms with Crippen molar-refractivity contribution in [2.75, 3.05) is 0 Å². The van der Waals surface area contributed by atoms with Gasteiger partial charge in [-0.2, -0.15) is 0 Å². The van der Waals surface area contributed by atoms with Crippen LogP contribution in [0.3, 0.4) is 0 Å². The molecular weight excluding hydrogens is 364 g/mol. The quantitative estimate of drug-likeness (QED) is 0.384. The van der Waals surface area contributed by atoms with Gasteiger partial charge in [0.1, 0.15) is 6.10 Å². The molecule has 4 aliphatic carbocycles. The fourth-order valence-electron chi connectivity index (χ4n) is 8.10. The smallest absolute Gasteiger partial charge is 0.333 e. The molecular formula is C25H36O4. The second kappa shape index (κ2) is 6.72. The maximum absolute atomic E-state index is 12.7. The van der Waals surface area contributed by atoms with Crippen molar-refractivity contribution in [2.24, 2.45) is 34.0 Å². The molecule has 4 saturated carbocycles. The first kappa shape index (κ1) is 20.7. The molecule has 0 unspecified atom stereocenters. The molecule has 1 spiro atoms. The van der Waals surface area contributed by atoms with Gasteiger partial charge in [0.25, 0.3) is 0 Å². The Bertz CT molecular complexity index is 782. The van der Waals surface area contributed by atoms with Crippen molar-refractivity contribution in [3.8, 4) is 0 Å². The van der Waals surface area contributed by atoms with Gasteiger partial charge in [-0.1, -0.05) is 26.0 Å². The van der Waals surface area contributed by atoms with Crippen molar-refractivity contribution < 1.29 is 19.4 Å². The van der Waals surface area contributed by atoms with E-state index in [4.69, 9.17) is 4.74 Å². The minimum Gasteiger partial charge on any atom is -0.481 e. The van der Waals surface area contributed by atoms with E-state index in [1.165, 1.54) is 0 Å². The summed E-state index contributed by atoms with van der Waals surface area (Å²) in [5.41, 5.74) is 1.02. The molecule has 0 aliphatic heterocycles. The number of hydrogen-bond donors (Lipinski definition) is 1. The molecule has 2 bridgehead atoms. The third-order valence-corrected chi connectivity index (χ3v) is 9.65. The van der Waals surface area contributed by atoms with Gasteiger partial charge in [0.2, 0.25) is 0 Å². The van der Waals surface area contributed by atoms with Gasteiger partial charge in [0.15, 0.2) is 0 Å². The summed E-state index contributed by atoms with van der Waals surface area (Å²) in [6.45, 7) is 12.4. The lowest BCUT2D eigenvalue weighted by Gasteiger charge is -2.63. The van der Waals surface area contributed by atoms with Gasteiger partial charge in [-0.05, 0) is 94.5 Å². The molecule has 0 heterocycles. The number of carboxylic acids is 1. The van der Waals surface area contributed by atoms with E-state index >= 15 is 0 Å². The van der Waals surface area contributed by atoms with Crippen molar-refractivity contribution in [2.45, 2.75) is 85.2 Å². The fraction of sp³-hybridized carbons (Fsp3) is 0.760. The lowest BCUT2D eigenvalue weighted by atomic mass is 9.40. The highest BCUT2D eigenvalue weighted by atomic mass is 16.5. The summed E-state index contributed by atoms with van der Waals surface area (Å²) in [7, 11) is 0. The number of carbonyl (C=O) groups excluding carboxylic acids is 1. The number of carboxylic acid groups (broad SMARTS) is 1. The highest BCUT2D eigenvalue weighted by Gasteiger charge is 2.68. The number of hydrogen-bond acceptors (Lipinski definition) is 3. The monoisotopic (exact) mass is 400 g/mol. The van der Waals surface area contributed by atoms with Gasteiger partial charge in [0.05, 0.1) is 5.41 Å². The average Bonchev–Trinajstić information content (AvgIpc) is 2.87. The topological polar surface area (TPSA) is 63.6 Å². The molecule has 0 amide bonds. The Morgan fingerprint density at radius 1 is 1.14 bits per heavy atom. The Morgan fingerprint density at radius 2 is 1.86 bits per heavy atom. The molecule has 4 fully saturated rings. The summed E-state index contributed by atoms with van der Waals surface area (Å²) in [6.07, 6.45) is 9.50. The molecule has 0 aromatic rings. The average molecular weight is 401 g/mol. The van der Waals surface area contributed by atoms with E-state index in [1.54, 1.807) is 13.0 Å². The van der Waals surface area contributed by atoms with Crippen LogP contribution in [0.2, 0.25) is 0 Å². The van der Waals surface area contributed by atoms with Crippen LogP contribution >= 0.6 is 0 Å². The molecule has 1 N–H and O–H groups in total. The Morgan fingerprint density at radius 3 is 2.52 bits per heavy atom. The number of carbonyl (C=O) groups is 2. The molecule has 4 nitrogen and oxygen atoms in total. The van der Waals surface area contributed by atoms with Crippen LogP contribution in [0.5, 0.6) is 0 Å². The van der Waals surface area contributed by atoms with Gasteiger partial charge in [-0.3, -0.25) is 4.79 Å². The van der Waals surface area contributed by atoms with Gasteiger partial charge < -0.3 is 9.84 Å². The molecule has 7 atom stereocenters. The van der Waals surface area contributed by atoms with Crippen LogP contribution < -0.4 is 0 Å². The molecule has 0 aromatic heterocycles. The largest absolute Gasteiger partial charge is 0.481 e. The molecule has 4 rings (SSSR count). The summed E-state index contributed by atoms with van der Waals surface area (Å²) in [5, 5.41) is 10.1. The minimum atomic E-state index is -0.644. The normalized spacial score (nSPS) is 46.6. The van der Waals surface area contributed by atoms with E-state index in [2.05, 4.69) is 13.5 Å². The highest BCUT2D eigenvalue weighted by Crippen LogP contribution is 2.72. The molecule has 29 heavy (non-hydrogen) atoms. The number of rotatable bonds is 3. The Labute approximate surface area is 174 Å². The van der Waals surface area contributed by atoms with Crippen LogP contribution in [-0.2, 0) is 14.3 Å². The van der Waals surface area contributed by atoms with E-state index in [-0.39, 0.29) is 28.8 Å². The lowest BCUT2D eigenvalue weighted by molar-refractivity contribution is -0.195. The molecule has 160 valence electrons. The predicted octanol–water partition coefficient (Wildman–Crippen LogP) is 5.53. The zero-order valence-electron chi connectivity index (χ0n) is 18.4. The van der Waals surface area contributed by atoms with Crippen molar-refractivity contribution in [3.05, 3.63) is 23.8 Å². The Kier molecular flexibility index (Phi) is 4.79. The first-order valence-corrected chi connectivity index (χ1v) is 11.4. The van der Waals surface area contributed by atoms with E-state index < -0.39 is 11.4 Å². The minimum absolute atomic E-state index is 0.0144. The van der Waals surface area contributed by atoms with Crippen LogP contribution in [0.4, 0.5) is 0 Å². The van der Waals surface area contributed by atoms with E-state index in [0.717, 1.165) is 56.9 Å².